The van der Waals surface area contributed by atoms with E-state index in [-0.39, 0.29) is 11.9 Å². The number of rotatable bonds is 7. The van der Waals surface area contributed by atoms with Crippen LogP contribution < -0.4 is 4.74 Å². The molecule has 20 heavy (non-hydrogen) atoms. The van der Waals surface area contributed by atoms with E-state index >= 15 is 0 Å². The fourth-order valence-corrected chi connectivity index (χ4v) is 1.63. The van der Waals surface area contributed by atoms with Gasteiger partial charge in [-0.3, -0.25) is 4.90 Å². The normalized spacial score (nSPS) is 12.2. The maximum atomic E-state index is 12.0. The third-order valence-corrected chi connectivity index (χ3v) is 2.53. The van der Waals surface area contributed by atoms with Crippen LogP contribution in [0.5, 0.6) is 5.75 Å². The third kappa shape index (κ3) is 7.35. The van der Waals surface area contributed by atoms with Gasteiger partial charge in [-0.05, 0) is 38.6 Å². The molecule has 1 aromatic rings. The number of alkyl halides is 3. The van der Waals surface area contributed by atoms with Crippen LogP contribution in [-0.4, -0.2) is 37.6 Å². The summed E-state index contributed by atoms with van der Waals surface area (Å²) in [6, 6.07) is 5.89. The van der Waals surface area contributed by atoms with E-state index in [4.69, 9.17) is 4.74 Å². The van der Waals surface area contributed by atoms with E-state index in [0.29, 0.717) is 13.2 Å². The highest BCUT2D eigenvalue weighted by molar-refractivity contribution is 5.27. The van der Waals surface area contributed by atoms with E-state index in [9.17, 15) is 13.2 Å². The molecule has 0 fully saturated rings. The van der Waals surface area contributed by atoms with Crippen LogP contribution in [0.4, 0.5) is 13.2 Å². The molecule has 1 aromatic carbocycles. The molecule has 0 unspecified atom stereocenters. The van der Waals surface area contributed by atoms with Crippen molar-refractivity contribution in [2.24, 2.45) is 0 Å². The van der Waals surface area contributed by atoms with Gasteiger partial charge in [-0.15, -0.1) is 13.2 Å². The maximum Gasteiger partial charge on any atom is 0.573 e. The summed E-state index contributed by atoms with van der Waals surface area (Å²) < 4.78 is 45.3. The first-order chi connectivity index (χ1) is 9.26. The summed E-state index contributed by atoms with van der Waals surface area (Å²) in [6.45, 7) is 5.98. The lowest BCUT2D eigenvalue weighted by atomic mass is 10.2. The van der Waals surface area contributed by atoms with Gasteiger partial charge < -0.3 is 9.47 Å². The summed E-state index contributed by atoms with van der Waals surface area (Å²) in [5.74, 6) is -0.202. The van der Waals surface area contributed by atoms with E-state index in [1.165, 1.54) is 12.1 Å². The second-order valence-electron chi connectivity index (χ2n) is 4.85. The van der Waals surface area contributed by atoms with Crippen LogP contribution in [0, 0.1) is 0 Å². The van der Waals surface area contributed by atoms with E-state index in [1.807, 2.05) is 25.8 Å². The predicted octanol–water partition coefficient (Wildman–Crippen LogP) is 3.44. The second kappa shape index (κ2) is 7.50. The average Bonchev–Trinajstić information content (AvgIpc) is 2.29. The second-order valence-corrected chi connectivity index (χ2v) is 4.85. The van der Waals surface area contributed by atoms with Crippen LogP contribution in [0.2, 0.25) is 0 Å². The smallest absolute Gasteiger partial charge is 0.406 e. The Balaban J connectivity index is 2.41. The highest BCUT2D eigenvalue weighted by atomic mass is 19.4. The summed E-state index contributed by atoms with van der Waals surface area (Å²) in [7, 11) is 1.93. The molecular weight excluding hydrogens is 271 g/mol. The Labute approximate surface area is 117 Å². The number of benzene rings is 1. The van der Waals surface area contributed by atoms with Gasteiger partial charge in [-0.25, -0.2) is 0 Å². The van der Waals surface area contributed by atoms with Crippen LogP contribution in [0.25, 0.3) is 0 Å². The molecule has 6 heteroatoms. The Morgan fingerprint density at radius 2 is 1.75 bits per heavy atom. The van der Waals surface area contributed by atoms with E-state index in [0.717, 1.165) is 12.1 Å². The van der Waals surface area contributed by atoms with Crippen LogP contribution in [-0.2, 0) is 11.3 Å². The minimum atomic E-state index is -4.65. The van der Waals surface area contributed by atoms with Crippen molar-refractivity contribution >= 4 is 0 Å². The van der Waals surface area contributed by atoms with E-state index in [1.54, 1.807) is 12.1 Å². The topological polar surface area (TPSA) is 21.7 Å². The first kappa shape index (κ1) is 16.8. The lowest BCUT2D eigenvalue weighted by Gasteiger charge is -2.18. The number of likely N-dealkylation sites (N-methyl/N-ethyl adjacent to an activating group) is 1. The van der Waals surface area contributed by atoms with Crippen molar-refractivity contribution in [3.05, 3.63) is 29.8 Å². The van der Waals surface area contributed by atoms with Gasteiger partial charge >= 0.3 is 6.36 Å². The number of halogens is 3. The third-order valence-electron chi connectivity index (χ3n) is 2.53. The highest BCUT2D eigenvalue weighted by Crippen LogP contribution is 2.22. The molecule has 0 aliphatic heterocycles. The summed E-state index contributed by atoms with van der Waals surface area (Å²) in [5.41, 5.74) is 0.923. The molecule has 114 valence electrons. The Kier molecular flexibility index (Phi) is 6.29. The molecule has 0 heterocycles. The molecule has 0 saturated heterocycles. The van der Waals surface area contributed by atoms with Crippen molar-refractivity contribution in [1.82, 2.24) is 4.90 Å². The Hall–Kier alpha value is -1.27. The summed E-state index contributed by atoms with van der Waals surface area (Å²) in [6.07, 6.45) is -4.45. The van der Waals surface area contributed by atoms with Crippen molar-refractivity contribution in [3.8, 4) is 5.75 Å². The lowest BCUT2D eigenvalue weighted by Crippen LogP contribution is -2.24. The first-order valence-corrected chi connectivity index (χ1v) is 6.41. The molecule has 0 aromatic heterocycles. The number of ether oxygens (including phenoxy) is 2. The van der Waals surface area contributed by atoms with Gasteiger partial charge in [0.1, 0.15) is 5.75 Å². The van der Waals surface area contributed by atoms with Crippen molar-refractivity contribution < 1.29 is 22.6 Å². The quantitative estimate of drug-likeness (QED) is 0.768. The minimum absolute atomic E-state index is 0.196. The maximum absolute atomic E-state index is 12.0. The zero-order valence-corrected chi connectivity index (χ0v) is 11.9. The molecule has 0 saturated carbocycles. The number of nitrogens with zero attached hydrogens (tertiary/aromatic N) is 1. The Morgan fingerprint density at radius 1 is 1.15 bits per heavy atom. The van der Waals surface area contributed by atoms with Gasteiger partial charge in [0.25, 0.3) is 0 Å². The minimum Gasteiger partial charge on any atom is -0.406 e. The van der Waals surface area contributed by atoms with E-state index in [2.05, 4.69) is 4.74 Å². The molecule has 0 atom stereocenters. The summed E-state index contributed by atoms with van der Waals surface area (Å²) in [5, 5.41) is 0. The Bertz CT molecular complexity index is 390. The summed E-state index contributed by atoms with van der Waals surface area (Å²) in [4.78, 5) is 2.04. The van der Waals surface area contributed by atoms with Crippen LogP contribution >= 0.6 is 0 Å². The SMILES string of the molecule is CC(C)OCCN(C)Cc1ccc(OC(F)(F)F)cc1. The van der Waals surface area contributed by atoms with Crippen molar-refractivity contribution in [2.45, 2.75) is 32.9 Å². The van der Waals surface area contributed by atoms with E-state index < -0.39 is 6.36 Å². The largest absolute Gasteiger partial charge is 0.573 e. The lowest BCUT2D eigenvalue weighted by molar-refractivity contribution is -0.274. The number of hydrogen-bond donors (Lipinski definition) is 0. The van der Waals surface area contributed by atoms with Gasteiger partial charge in [0.2, 0.25) is 0 Å². The van der Waals surface area contributed by atoms with Crippen LogP contribution in [0.1, 0.15) is 19.4 Å². The van der Waals surface area contributed by atoms with Crippen molar-refractivity contribution in [1.29, 1.82) is 0 Å². The fourth-order valence-electron chi connectivity index (χ4n) is 1.63. The van der Waals surface area contributed by atoms with Gasteiger partial charge in [0, 0.05) is 13.1 Å². The monoisotopic (exact) mass is 291 g/mol. The zero-order chi connectivity index (χ0) is 15.2. The molecule has 0 N–H and O–H groups in total. The van der Waals surface area contributed by atoms with Gasteiger partial charge in [-0.2, -0.15) is 0 Å². The van der Waals surface area contributed by atoms with Crippen molar-refractivity contribution in [2.75, 3.05) is 20.2 Å². The fraction of sp³-hybridized carbons (Fsp3) is 0.571. The van der Waals surface area contributed by atoms with Crippen LogP contribution in [0.15, 0.2) is 24.3 Å². The Morgan fingerprint density at radius 3 is 2.25 bits per heavy atom. The predicted molar refractivity (Wildman–Crippen MR) is 70.5 cm³/mol. The van der Waals surface area contributed by atoms with Gasteiger partial charge in [0.15, 0.2) is 0 Å². The number of hydrogen-bond acceptors (Lipinski definition) is 3. The molecule has 0 bridgehead atoms. The molecule has 0 amide bonds. The van der Waals surface area contributed by atoms with Crippen LogP contribution in [0.3, 0.4) is 0 Å². The van der Waals surface area contributed by atoms with Gasteiger partial charge in [0.05, 0.1) is 12.7 Å². The van der Waals surface area contributed by atoms with Crippen molar-refractivity contribution in [3.63, 3.8) is 0 Å². The molecule has 1 rings (SSSR count). The molecular formula is C14H20F3NO2. The molecule has 0 aliphatic rings. The average molecular weight is 291 g/mol. The highest BCUT2D eigenvalue weighted by Gasteiger charge is 2.30. The molecule has 0 aliphatic carbocycles. The molecule has 0 spiro atoms. The first-order valence-electron chi connectivity index (χ1n) is 6.41. The molecule has 0 radical (unpaired) electrons. The zero-order valence-electron chi connectivity index (χ0n) is 11.9. The summed E-state index contributed by atoms with van der Waals surface area (Å²) >= 11 is 0. The standard InChI is InChI=1S/C14H20F3NO2/c1-11(2)19-9-8-18(3)10-12-4-6-13(7-5-12)20-14(15,16)17/h4-7,11H,8-10H2,1-3H3. The van der Waals surface area contributed by atoms with Gasteiger partial charge in [-0.1, -0.05) is 12.1 Å². The molecule has 3 nitrogen and oxygen atoms in total.